The van der Waals surface area contributed by atoms with Crippen LogP contribution < -0.4 is 14.8 Å². The number of amides is 1. The van der Waals surface area contributed by atoms with Gasteiger partial charge in [-0.15, -0.1) is 0 Å². The van der Waals surface area contributed by atoms with Gasteiger partial charge in [0, 0.05) is 11.6 Å². The zero-order valence-corrected chi connectivity index (χ0v) is 14.0. The number of benzene rings is 1. The molecule has 0 radical (unpaired) electrons. The topological polar surface area (TPSA) is 88.4 Å². The van der Waals surface area contributed by atoms with Crippen LogP contribution in [0, 0.1) is 17.2 Å². The number of hydrogen-bond donors (Lipinski definition) is 1. The second-order valence-corrected chi connectivity index (χ2v) is 5.84. The number of nitrogens with one attached hydrogen (secondary N) is 1. The van der Waals surface area contributed by atoms with Gasteiger partial charge in [-0.2, -0.15) is 5.26 Å². The summed E-state index contributed by atoms with van der Waals surface area (Å²) in [5.41, 5.74) is 0.248. The first kappa shape index (κ1) is 17.8. The molecule has 0 heterocycles. The average molecular weight is 330 g/mol. The zero-order chi connectivity index (χ0) is 17.5. The van der Waals surface area contributed by atoms with Gasteiger partial charge in [0.1, 0.15) is 0 Å². The minimum absolute atomic E-state index is 0.0558. The Labute approximate surface area is 141 Å². The molecule has 1 aliphatic rings. The molecule has 0 saturated heterocycles. The minimum Gasteiger partial charge on any atom is -0.493 e. The van der Waals surface area contributed by atoms with Crippen molar-refractivity contribution in [2.24, 2.45) is 5.92 Å². The maximum atomic E-state index is 12.5. The van der Waals surface area contributed by atoms with Crippen molar-refractivity contribution in [1.29, 1.82) is 5.26 Å². The lowest BCUT2D eigenvalue weighted by molar-refractivity contribution is -0.123. The maximum Gasteiger partial charge on any atom is 0.245 e. The van der Waals surface area contributed by atoms with Gasteiger partial charge in [-0.3, -0.25) is 9.59 Å². The van der Waals surface area contributed by atoms with E-state index < -0.39 is 17.6 Å². The first-order valence-corrected chi connectivity index (χ1v) is 8.07. The van der Waals surface area contributed by atoms with Crippen LogP contribution in [0.2, 0.25) is 0 Å². The summed E-state index contributed by atoms with van der Waals surface area (Å²) in [6, 6.07) is 6.48. The monoisotopic (exact) mass is 330 g/mol. The average Bonchev–Trinajstić information content (AvgIpc) is 2.62. The van der Waals surface area contributed by atoms with E-state index in [0.717, 1.165) is 25.7 Å². The fourth-order valence-corrected chi connectivity index (χ4v) is 2.92. The lowest BCUT2D eigenvalue weighted by atomic mass is 9.93. The van der Waals surface area contributed by atoms with Gasteiger partial charge in [-0.25, -0.2) is 0 Å². The summed E-state index contributed by atoms with van der Waals surface area (Å²) in [6.07, 6.45) is 5.08. The van der Waals surface area contributed by atoms with Crippen molar-refractivity contribution in [3.05, 3.63) is 23.8 Å². The van der Waals surface area contributed by atoms with Crippen molar-refractivity contribution in [2.45, 2.75) is 38.1 Å². The highest BCUT2D eigenvalue weighted by molar-refractivity contribution is 6.12. The molecule has 1 aromatic carbocycles. The molecule has 1 aliphatic carbocycles. The van der Waals surface area contributed by atoms with Crippen LogP contribution in [-0.2, 0) is 4.79 Å². The summed E-state index contributed by atoms with van der Waals surface area (Å²) < 4.78 is 10.3. The minimum atomic E-state index is -1.36. The Morgan fingerprint density at radius 2 is 1.83 bits per heavy atom. The molecule has 1 aromatic rings. The van der Waals surface area contributed by atoms with E-state index in [2.05, 4.69) is 5.32 Å². The van der Waals surface area contributed by atoms with Crippen LogP contribution >= 0.6 is 0 Å². The normalized spacial score (nSPS) is 15.9. The van der Waals surface area contributed by atoms with Gasteiger partial charge in [0.2, 0.25) is 5.91 Å². The second kappa shape index (κ2) is 8.34. The molecular weight excluding hydrogens is 308 g/mol. The zero-order valence-electron chi connectivity index (χ0n) is 14.0. The lowest BCUT2D eigenvalue weighted by Gasteiger charge is -2.23. The summed E-state index contributed by atoms with van der Waals surface area (Å²) in [7, 11) is 2.96. The van der Waals surface area contributed by atoms with Crippen molar-refractivity contribution < 1.29 is 19.1 Å². The van der Waals surface area contributed by atoms with Crippen LogP contribution in [0.4, 0.5) is 0 Å². The first-order chi connectivity index (χ1) is 11.6. The second-order valence-electron chi connectivity index (χ2n) is 5.84. The van der Waals surface area contributed by atoms with Crippen LogP contribution in [0.1, 0.15) is 42.5 Å². The predicted octanol–water partition coefficient (Wildman–Crippen LogP) is 2.48. The van der Waals surface area contributed by atoms with Gasteiger partial charge in [0.15, 0.2) is 23.2 Å². The van der Waals surface area contributed by atoms with Crippen LogP contribution in [-0.4, -0.2) is 32.0 Å². The number of methoxy groups -OCH3 is 2. The Morgan fingerprint density at radius 1 is 1.17 bits per heavy atom. The van der Waals surface area contributed by atoms with Crippen LogP contribution in [0.25, 0.3) is 0 Å². The molecule has 1 saturated carbocycles. The van der Waals surface area contributed by atoms with Crippen LogP contribution in [0.3, 0.4) is 0 Å². The standard InChI is InChI=1S/C18H22N2O4/c1-23-15-9-8-12(10-16(15)24-2)17(21)14(11-19)18(22)20-13-6-4-3-5-7-13/h8-10,13-14H,3-7H2,1-2H3,(H,20,22). The molecule has 1 atom stereocenters. The van der Waals surface area contributed by atoms with E-state index in [9.17, 15) is 14.9 Å². The van der Waals surface area contributed by atoms with Crippen molar-refractivity contribution in [1.82, 2.24) is 5.32 Å². The number of ether oxygens (including phenoxy) is 2. The van der Waals surface area contributed by atoms with Gasteiger partial charge in [-0.05, 0) is 31.0 Å². The quantitative estimate of drug-likeness (QED) is 0.639. The molecule has 1 fully saturated rings. The SMILES string of the molecule is COc1ccc(C(=O)C(C#N)C(=O)NC2CCCCC2)cc1OC. The van der Waals surface area contributed by atoms with E-state index in [1.807, 2.05) is 6.07 Å². The number of carbonyl (C=O) groups is 2. The molecule has 1 unspecified atom stereocenters. The van der Waals surface area contributed by atoms with E-state index in [0.29, 0.717) is 11.5 Å². The summed E-state index contributed by atoms with van der Waals surface area (Å²) >= 11 is 0. The Balaban J connectivity index is 2.13. The Bertz CT molecular complexity index is 645. The smallest absolute Gasteiger partial charge is 0.245 e. The number of ketones is 1. The lowest BCUT2D eigenvalue weighted by Crippen LogP contribution is -2.42. The molecule has 6 heteroatoms. The van der Waals surface area contributed by atoms with E-state index >= 15 is 0 Å². The van der Waals surface area contributed by atoms with E-state index in [1.54, 1.807) is 6.07 Å². The van der Waals surface area contributed by atoms with Gasteiger partial charge in [0.25, 0.3) is 0 Å². The molecule has 0 spiro atoms. The number of Topliss-reactive ketones (excluding diaryl/α,β-unsaturated/α-hetero) is 1. The van der Waals surface area contributed by atoms with E-state index in [4.69, 9.17) is 9.47 Å². The van der Waals surface area contributed by atoms with E-state index in [-0.39, 0.29) is 11.6 Å². The van der Waals surface area contributed by atoms with Crippen molar-refractivity contribution in [2.75, 3.05) is 14.2 Å². The molecule has 6 nitrogen and oxygen atoms in total. The fourth-order valence-electron chi connectivity index (χ4n) is 2.92. The molecule has 0 aliphatic heterocycles. The largest absolute Gasteiger partial charge is 0.493 e. The fraction of sp³-hybridized carbons (Fsp3) is 0.500. The van der Waals surface area contributed by atoms with Crippen molar-refractivity contribution >= 4 is 11.7 Å². The summed E-state index contributed by atoms with van der Waals surface area (Å²) in [6.45, 7) is 0. The van der Waals surface area contributed by atoms with Gasteiger partial charge < -0.3 is 14.8 Å². The molecular formula is C18H22N2O4. The Kier molecular flexibility index (Phi) is 6.19. The van der Waals surface area contributed by atoms with Gasteiger partial charge >= 0.3 is 0 Å². The third-order valence-corrected chi connectivity index (χ3v) is 4.27. The highest BCUT2D eigenvalue weighted by Gasteiger charge is 2.30. The molecule has 0 bridgehead atoms. The first-order valence-electron chi connectivity index (χ1n) is 8.07. The third kappa shape index (κ3) is 4.05. The molecule has 128 valence electrons. The van der Waals surface area contributed by atoms with Gasteiger partial charge in [0.05, 0.1) is 20.3 Å². The molecule has 2 rings (SSSR count). The molecule has 1 N–H and O–H groups in total. The number of nitrogens with zero attached hydrogens (tertiary/aromatic N) is 1. The van der Waals surface area contributed by atoms with Crippen molar-refractivity contribution in [3.63, 3.8) is 0 Å². The highest BCUT2D eigenvalue weighted by Crippen LogP contribution is 2.28. The molecule has 24 heavy (non-hydrogen) atoms. The Morgan fingerprint density at radius 3 is 2.42 bits per heavy atom. The summed E-state index contributed by atoms with van der Waals surface area (Å²) in [4.78, 5) is 24.9. The number of hydrogen-bond acceptors (Lipinski definition) is 5. The van der Waals surface area contributed by atoms with Gasteiger partial charge in [-0.1, -0.05) is 19.3 Å². The van der Waals surface area contributed by atoms with E-state index in [1.165, 1.54) is 32.8 Å². The number of carbonyl (C=O) groups excluding carboxylic acids is 2. The Hall–Kier alpha value is -2.55. The van der Waals surface area contributed by atoms with Crippen LogP contribution in [0.5, 0.6) is 11.5 Å². The highest BCUT2D eigenvalue weighted by atomic mass is 16.5. The third-order valence-electron chi connectivity index (χ3n) is 4.27. The summed E-state index contributed by atoms with van der Waals surface area (Å²) in [5, 5.41) is 12.1. The maximum absolute atomic E-state index is 12.5. The number of rotatable bonds is 6. The molecule has 0 aromatic heterocycles. The summed E-state index contributed by atoms with van der Waals surface area (Å²) in [5.74, 6) is -1.55. The number of nitriles is 1. The van der Waals surface area contributed by atoms with Crippen molar-refractivity contribution in [3.8, 4) is 17.6 Å². The van der Waals surface area contributed by atoms with Crippen LogP contribution in [0.15, 0.2) is 18.2 Å². The molecule has 1 amide bonds. The predicted molar refractivity (Wildman–Crippen MR) is 88.0 cm³/mol.